The van der Waals surface area contributed by atoms with Gasteiger partial charge in [-0.25, -0.2) is 8.78 Å². The number of hydrogen-bond donors (Lipinski definition) is 1. The third kappa shape index (κ3) is 1.06. The summed E-state index contributed by atoms with van der Waals surface area (Å²) in [7, 11) is 0. The predicted octanol–water partition coefficient (Wildman–Crippen LogP) is 2.09. The van der Waals surface area contributed by atoms with Gasteiger partial charge in [0.25, 0.3) is 0 Å². The molecule has 0 spiro atoms. The minimum Gasteiger partial charge on any atom is -0.356 e. The number of rotatable bonds is 0. The van der Waals surface area contributed by atoms with Crippen LogP contribution in [-0.2, 0) is 6.42 Å². The molecule has 1 nitrogen and oxygen atoms in total. The summed E-state index contributed by atoms with van der Waals surface area (Å²) in [5.41, 5.74) is 1.43. The van der Waals surface area contributed by atoms with Crippen molar-refractivity contribution in [1.29, 1.82) is 0 Å². The van der Waals surface area contributed by atoms with E-state index in [1.54, 1.807) is 6.07 Å². The van der Waals surface area contributed by atoms with Crippen molar-refractivity contribution in [2.24, 2.45) is 0 Å². The predicted molar refractivity (Wildman–Crippen MR) is 38.6 cm³/mol. The molecule has 0 radical (unpaired) electrons. The molecule has 58 valence electrons. The number of hydrogen-bond acceptors (Lipinski definition) is 1. The van der Waals surface area contributed by atoms with Gasteiger partial charge in [-0.1, -0.05) is 0 Å². The van der Waals surface area contributed by atoms with E-state index in [1.165, 1.54) is 12.1 Å². The van der Waals surface area contributed by atoms with Gasteiger partial charge in [0.2, 0.25) is 0 Å². The largest absolute Gasteiger partial charge is 0.356 e. The van der Waals surface area contributed by atoms with Crippen molar-refractivity contribution in [3.05, 3.63) is 29.6 Å². The van der Waals surface area contributed by atoms with Gasteiger partial charge in [0.1, 0.15) is 5.82 Å². The van der Waals surface area contributed by atoms with Gasteiger partial charge in [0.05, 0.1) is 0 Å². The van der Waals surface area contributed by atoms with Gasteiger partial charge < -0.3 is 5.32 Å². The van der Waals surface area contributed by atoms with E-state index < -0.39 is 6.30 Å². The highest BCUT2D eigenvalue weighted by Gasteiger charge is 2.19. The van der Waals surface area contributed by atoms with Gasteiger partial charge in [0, 0.05) is 12.1 Å². The summed E-state index contributed by atoms with van der Waals surface area (Å²) in [5, 5.41) is 2.59. The molecule has 1 N–H and O–H groups in total. The summed E-state index contributed by atoms with van der Waals surface area (Å²) in [6, 6.07) is 4.25. The van der Waals surface area contributed by atoms with Crippen LogP contribution in [-0.4, -0.2) is 6.30 Å². The Labute approximate surface area is 63.0 Å². The fourth-order valence-corrected chi connectivity index (χ4v) is 1.28. The Morgan fingerprint density at radius 1 is 1.45 bits per heavy atom. The van der Waals surface area contributed by atoms with E-state index in [0.29, 0.717) is 5.69 Å². The van der Waals surface area contributed by atoms with E-state index in [4.69, 9.17) is 0 Å². The van der Waals surface area contributed by atoms with Gasteiger partial charge in [-0.15, -0.1) is 0 Å². The second-order valence-electron chi connectivity index (χ2n) is 2.62. The maximum Gasteiger partial charge on any atom is 0.174 e. The van der Waals surface area contributed by atoms with Gasteiger partial charge in [-0.3, -0.25) is 0 Å². The van der Waals surface area contributed by atoms with Gasteiger partial charge in [0.15, 0.2) is 6.30 Å². The first kappa shape index (κ1) is 6.58. The maximum absolute atomic E-state index is 12.6. The molecule has 1 heterocycles. The third-order valence-electron chi connectivity index (χ3n) is 1.78. The zero-order valence-electron chi connectivity index (χ0n) is 5.77. The molecule has 1 atom stereocenters. The molecule has 1 aromatic rings. The van der Waals surface area contributed by atoms with Crippen LogP contribution in [0, 0.1) is 5.82 Å². The third-order valence-corrected chi connectivity index (χ3v) is 1.78. The monoisotopic (exact) mass is 155 g/mol. The minimum atomic E-state index is -1.05. The molecule has 1 unspecified atom stereocenters. The van der Waals surface area contributed by atoms with Crippen LogP contribution in [0.25, 0.3) is 0 Å². The first-order valence-corrected chi connectivity index (χ1v) is 3.45. The molecule has 1 aliphatic heterocycles. The standard InChI is InChI=1S/C8H7F2N/c9-6-1-2-7-5(3-6)4-8(10)11-7/h1-3,8,11H,4H2. The zero-order chi connectivity index (χ0) is 7.84. The lowest BCUT2D eigenvalue weighted by Crippen LogP contribution is -2.06. The topological polar surface area (TPSA) is 12.0 Å². The Morgan fingerprint density at radius 2 is 2.27 bits per heavy atom. The van der Waals surface area contributed by atoms with Crippen molar-refractivity contribution in [1.82, 2.24) is 0 Å². The minimum absolute atomic E-state index is 0.271. The lowest BCUT2D eigenvalue weighted by Gasteiger charge is -1.97. The van der Waals surface area contributed by atoms with Crippen LogP contribution in [0.2, 0.25) is 0 Å². The van der Waals surface area contributed by atoms with Crippen molar-refractivity contribution in [2.75, 3.05) is 5.32 Å². The molecule has 0 fully saturated rings. The van der Waals surface area contributed by atoms with Crippen molar-refractivity contribution in [2.45, 2.75) is 12.7 Å². The van der Waals surface area contributed by atoms with E-state index in [2.05, 4.69) is 5.32 Å². The van der Waals surface area contributed by atoms with E-state index >= 15 is 0 Å². The fourth-order valence-electron chi connectivity index (χ4n) is 1.28. The summed E-state index contributed by atoms with van der Waals surface area (Å²) in [6.45, 7) is 0. The van der Waals surface area contributed by atoms with Crippen molar-refractivity contribution in [3.8, 4) is 0 Å². The lowest BCUT2D eigenvalue weighted by atomic mass is 10.2. The van der Waals surface area contributed by atoms with Crippen LogP contribution in [0.3, 0.4) is 0 Å². The van der Waals surface area contributed by atoms with Gasteiger partial charge >= 0.3 is 0 Å². The summed E-state index contributed by atoms with van der Waals surface area (Å²) in [6.07, 6.45) is -0.778. The summed E-state index contributed by atoms with van der Waals surface area (Å²) in [4.78, 5) is 0. The average molecular weight is 155 g/mol. The lowest BCUT2D eigenvalue weighted by molar-refractivity contribution is 0.384. The molecule has 1 aromatic carbocycles. The van der Waals surface area contributed by atoms with Gasteiger partial charge in [-0.2, -0.15) is 0 Å². The maximum atomic E-state index is 12.6. The van der Waals surface area contributed by atoms with Crippen LogP contribution < -0.4 is 5.32 Å². The highest BCUT2D eigenvalue weighted by Crippen LogP contribution is 2.26. The quantitative estimate of drug-likeness (QED) is 0.565. The van der Waals surface area contributed by atoms with E-state index in [-0.39, 0.29) is 12.2 Å². The van der Waals surface area contributed by atoms with Crippen LogP contribution in [0.5, 0.6) is 0 Å². The van der Waals surface area contributed by atoms with Crippen molar-refractivity contribution < 1.29 is 8.78 Å². The van der Waals surface area contributed by atoms with Crippen LogP contribution >= 0.6 is 0 Å². The van der Waals surface area contributed by atoms with Crippen LogP contribution in [0.15, 0.2) is 18.2 Å². The van der Waals surface area contributed by atoms with Crippen molar-refractivity contribution >= 4 is 5.69 Å². The molecule has 0 saturated heterocycles. The van der Waals surface area contributed by atoms with Crippen LogP contribution in [0.1, 0.15) is 5.56 Å². The smallest absolute Gasteiger partial charge is 0.174 e. The van der Waals surface area contributed by atoms with E-state index in [0.717, 1.165) is 5.56 Å². The average Bonchev–Trinajstić information content (AvgIpc) is 2.27. The Bertz CT molecular complexity index is 285. The fraction of sp³-hybridized carbons (Fsp3) is 0.250. The first-order chi connectivity index (χ1) is 5.25. The number of halogens is 2. The second kappa shape index (κ2) is 2.19. The first-order valence-electron chi connectivity index (χ1n) is 3.45. The number of benzene rings is 1. The molecular weight excluding hydrogens is 148 g/mol. The summed E-state index contributed by atoms with van der Waals surface area (Å²) in [5.74, 6) is -0.306. The Kier molecular flexibility index (Phi) is 1.31. The molecule has 0 amide bonds. The Balaban J connectivity index is 2.43. The molecule has 0 aromatic heterocycles. The molecular formula is C8H7F2N. The number of anilines is 1. The number of alkyl halides is 1. The normalized spacial score (nSPS) is 21.1. The van der Waals surface area contributed by atoms with E-state index in [1.807, 2.05) is 0 Å². The molecule has 0 bridgehead atoms. The molecule has 0 aliphatic carbocycles. The summed E-state index contributed by atoms with van der Waals surface area (Å²) >= 11 is 0. The molecule has 11 heavy (non-hydrogen) atoms. The molecule has 1 aliphatic rings. The highest BCUT2D eigenvalue weighted by molar-refractivity contribution is 5.55. The second-order valence-corrected chi connectivity index (χ2v) is 2.62. The zero-order valence-corrected chi connectivity index (χ0v) is 5.77. The van der Waals surface area contributed by atoms with E-state index in [9.17, 15) is 8.78 Å². The number of nitrogens with one attached hydrogen (secondary N) is 1. The van der Waals surface area contributed by atoms with Gasteiger partial charge in [-0.05, 0) is 23.8 Å². The number of fused-ring (bicyclic) bond motifs is 1. The molecule has 0 saturated carbocycles. The molecule has 3 heteroatoms. The van der Waals surface area contributed by atoms with Crippen LogP contribution in [0.4, 0.5) is 14.5 Å². The Hall–Kier alpha value is -1.12. The SMILES string of the molecule is Fc1ccc2c(c1)CC(F)N2. The Morgan fingerprint density at radius 3 is 3.09 bits per heavy atom. The highest BCUT2D eigenvalue weighted by atomic mass is 19.1. The van der Waals surface area contributed by atoms with Crippen molar-refractivity contribution in [3.63, 3.8) is 0 Å². The summed E-state index contributed by atoms with van der Waals surface area (Å²) < 4.78 is 25.2. The molecule has 2 rings (SSSR count).